The van der Waals surface area contributed by atoms with Gasteiger partial charge in [0, 0.05) is 6.04 Å². The Morgan fingerprint density at radius 3 is 2.55 bits per heavy atom. The summed E-state index contributed by atoms with van der Waals surface area (Å²) in [6.45, 7) is 6.56. The van der Waals surface area contributed by atoms with Gasteiger partial charge in [0.1, 0.15) is 0 Å². The fourth-order valence-corrected chi connectivity index (χ4v) is 3.40. The molecule has 3 nitrogen and oxygen atoms in total. The van der Waals surface area contributed by atoms with Crippen molar-refractivity contribution in [3.05, 3.63) is 45.5 Å². The number of nitrogens with zero attached hydrogens (tertiary/aromatic N) is 2. The third-order valence-electron chi connectivity index (χ3n) is 3.79. The zero-order valence-electron chi connectivity index (χ0n) is 12.7. The molecule has 0 fully saturated rings. The average Bonchev–Trinajstić information content (AvgIpc) is 2.87. The molecule has 0 aliphatic heterocycles. The molecule has 1 aromatic heterocycles. The third-order valence-corrected chi connectivity index (χ3v) is 4.67. The molecular formula is C16H23N3S. The Hall–Kier alpha value is -1.26. The molecule has 2 rings (SSSR count). The fourth-order valence-electron chi connectivity index (χ4n) is 2.59. The van der Waals surface area contributed by atoms with E-state index in [0.717, 1.165) is 25.0 Å². The van der Waals surface area contributed by atoms with E-state index in [2.05, 4.69) is 53.9 Å². The highest BCUT2D eigenvalue weighted by Crippen LogP contribution is 2.27. The average molecular weight is 289 g/mol. The lowest BCUT2D eigenvalue weighted by atomic mass is 9.95. The van der Waals surface area contributed by atoms with E-state index in [1.807, 2.05) is 7.05 Å². The molecule has 1 unspecified atom stereocenters. The van der Waals surface area contributed by atoms with Crippen LogP contribution in [-0.2, 0) is 12.8 Å². The van der Waals surface area contributed by atoms with E-state index in [1.54, 1.807) is 0 Å². The van der Waals surface area contributed by atoms with E-state index >= 15 is 0 Å². The second kappa shape index (κ2) is 6.95. The number of nitrogens with one attached hydrogen (secondary N) is 1. The van der Waals surface area contributed by atoms with Crippen molar-refractivity contribution in [2.75, 3.05) is 7.05 Å². The normalized spacial score (nSPS) is 12.6. The number of rotatable bonds is 6. The number of likely N-dealkylation sites (N-methyl/N-ethyl adjacent to an activating group) is 1. The van der Waals surface area contributed by atoms with Crippen molar-refractivity contribution in [3.63, 3.8) is 0 Å². The number of aromatic nitrogens is 2. The molecule has 20 heavy (non-hydrogen) atoms. The zero-order chi connectivity index (χ0) is 14.5. The standard InChI is InChI=1S/C16H23N3S/c1-5-7-14-16(20-19-18-14)15(17-4)10-13-11(2)8-6-9-12(13)3/h6,8-9,15,17H,5,7,10H2,1-4H3. The Kier molecular flexibility index (Phi) is 5.26. The molecule has 0 bridgehead atoms. The summed E-state index contributed by atoms with van der Waals surface area (Å²) >= 11 is 1.53. The smallest absolute Gasteiger partial charge is 0.0803 e. The van der Waals surface area contributed by atoms with Gasteiger partial charge in [0.25, 0.3) is 0 Å². The maximum Gasteiger partial charge on any atom is 0.0803 e. The second-order valence-corrected chi connectivity index (χ2v) is 6.04. The molecule has 0 aliphatic carbocycles. The number of hydrogen-bond acceptors (Lipinski definition) is 4. The first kappa shape index (κ1) is 15.1. The van der Waals surface area contributed by atoms with Gasteiger partial charge in [0.05, 0.1) is 10.6 Å². The molecule has 0 amide bonds. The highest BCUT2D eigenvalue weighted by molar-refractivity contribution is 7.05. The van der Waals surface area contributed by atoms with Gasteiger partial charge >= 0.3 is 0 Å². The molecule has 0 saturated carbocycles. The first-order chi connectivity index (χ1) is 9.67. The van der Waals surface area contributed by atoms with E-state index in [4.69, 9.17) is 0 Å². The topological polar surface area (TPSA) is 37.8 Å². The van der Waals surface area contributed by atoms with Crippen molar-refractivity contribution in [2.45, 2.75) is 46.1 Å². The number of aryl methyl sites for hydroxylation is 3. The third kappa shape index (κ3) is 3.25. The SMILES string of the molecule is CCCc1nnsc1C(Cc1c(C)cccc1C)NC. The molecule has 0 aliphatic rings. The summed E-state index contributed by atoms with van der Waals surface area (Å²) in [5, 5.41) is 7.73. The minimum absolute atomic E-state index is 0.302. The van der Waals surface area contributed by atoms with Gasteiger partial charge in [-0.05, 0) is 62.0 Å². The maximum absolute atomic E-state index is 4.29. The Bertz CT molecular complexity index is 542. The van der Waals surface area contributed by atoms with Crippen LogP contribution < -0.4 is 5.32 Å². The lowest BCUT2D eigenvalue weighted by Crippen LogP contribution is -2.20. The Morgan fingerprint density at radius 2 is 1.95 bits per heavy atom. The molecule has 108 valence electrons. The molecule has 0 spiro atoms. The molecule has 1 atom stereocenters. The van der Waals surface area contributed by atoms with Gasteiger partial charge in [-0.25, -0.2) is 0 Å². The second-order valence-electron chi connectivity index (χ2n) is 5.25. The van der Waals surface area contributed by atoms with Crippen LogP contribution in [0.15, 0.2) is 18.2 Å². The first-order valence-electron chi connectivity index (χ1n) is 7.20. The summed E-state index contributed by atoms with van der Waals surface area (Å²) in [5.41, 5.74) is 5.31. The fraction of sp³-hybridized carbons (Fsp3) is 0.500. The zero-order valence-corrected chi connectivity index (χ0v) is 13.5. The molecule has 2 aromatic rings. The van der Waals surface area contributed by atoms with Crippen LogP contribution in [0, 0.1) is 13.8 Å². The summed E-state index contributed by atoms with van der Waals surface area (Å²) in [6, 6.07) is 6.80. The summed E-state index contributed by atoms with van der Waals surface area (Å²) in [5.74, 6) is 0. The van der Waals surface area contributed by atoms with Crippen LogP contribution in [0.25, 0.3) is 0 Å². The first-order valence-corrected chi connectivity index (χ1v) is 7.98. The highest BCUT2D eigenvalue weighted by atomic mass is 32.1. The maximum atomic E-state index is 4.29. The summed E-state index contributed by atoms with van der Waals surface area (Å²) in [7, 11) is 2.02. The largest absolute Gasteiger partial charge is 0.312 e. The summed E-state index contributed by atoms with van der Waals surface area (Å²) < 4.78 is 4.15. The quantitative estimate of drug-likeness (QED) is 0.882. The van der Waals surface area contributed by atoms with Crippen molar-refractivity contribution in [1.82, 2.24) is 14.9 Å². The van der Waals surface area contributed by atoms with Gasteiger partial charge in [-0.3, -0.25) is 0 Å². The Morgan fingerprint density at radius 1 is 1.25 bits per heavy atom. The minimum atomic E-state index is 0.302. The predicted molar refractivity (Wildman–Crippen MR) is 85.3 cm³/mol. The van der Waals surface area contributed by atoms with Gasteiger partial charge in [-0.1, -0.05) is 36.0 Å². The molecular weight excluding hydrogens is 266 g/mol. The van der Waals surface area contributed by atoms with Crippen molar-refractivity contribution in [2.24, 2.45) is 0 Å². The van der Waals surface area contributed by atoms with Crippen LogP contribution in [0.2, 0.25) is 0 Å². The van der Waals surface area contributed by atoms with Crippen molar-refractivity contribution in [1.29, 1.82) is 0 Å². The minimum Gasteiger partial charge on any atom is -0.312 e. The van der Waals surface area contributed by atoms with Gasteiger partial charge in [-0.15, -0.1) is 5.10 Å². The number of hydrogen-bond donors (Lipinski definition) is 1. The van der Waals surface area contributed by atoms with Crippen molar-refractivity contribution < 1.29 is 0 Å². The van der Waals surface area contributed by atoms with Crippen LogP contribution in [0.5, 0.6) is 0 Å². The molecule has 0 radical (unpaired) electrons. The highest BCUT2D eigenvalue weighted by Gasteiger charge is 2.19. The van der Waals surface area contributed by atoms with E-state index in [9.17, 15) is 0 Å². The molecule has 4 heteroatoms. The van der Waals surface area contributed by atoms with Crippen molar-refractivity contribution in [3.8, 4) is 0 Å². The predicted octanol–water partition coefficient (Wildman–Crippen LogP) is 3.61. The van der Waals surface area contributed by atoms with E-state index in [1.165, 1.54) is 33.1 Å². The van der Waals surface area contributed by atoms with Crippen LogP contribution in [0.3, 0.4) is 0 Å². The molecule has 1 heterocycles. The molecule has 1 aromatic carbocycles. The van der Waals surface area contributed by atoms with E-state index < -0.39 is 0 Å². The van der Waals surface area contributed by atoms with Crippen LogP contribution in [0.4, 0.5) is 0 Å². The number of benzene rings is 1. The molecule has 0 saturated heterocycles. The monoisotopic (exact) mass is 289 g/mol. The van der Waals surface area contributed by atoms with Gasteiger partial charge in [-0.2, -0.15) is 0 Å². The lowest BCUT2D eigenvalue weighted by Gasteiger charge is -2.18. The summed E-state index contributed by atoms with van der Waals surface area (Å²) in [6.07, 6.45) is 3.12. The van der Waals surface area contributed by atoms with Crippen LogP contribution in [-0.4, -0.2) is 16.6 Å². The van der Waals surface area contributed by atoms with E-state index in [0.29, 0.717) is 6.04 Å². The Labute approximate surface area is 125 Å². The van der Waals surface area contributed by atoms with E-state index in [-0.39, 0.29) is 0 Å². The van der Waals surface area contributed by atoms with Crippen LogP contribution >= 0.6 is 11.5 Å². The van der Waals surface area contributed by atoms with Crippen LogP contribution in [0.1, 0.15) is 46.6 Å². The van der Waals surface area contributed by atoms with Crippen molar-refractivity contribution >= 4 is 11.5 Å². The summed E-state index contributed by atoms with van der Waals surface area (Å²) in [4.78, 5) is 1.29. The molecule has 1 N–H and O–H groups in total. The van der Waals surface area contributed by atoms with Gasteiger partial charge < -0.3 is 5.32 Å². The lowest BCUT2D eigenvalue weighted by molar-refractivity contribution is 0.590. The van der Waals surface area contributed by atoms with Gasteiger partial charge in [0.2, 0.25) is 0 Å². The van der Waals surface area contributed by atoms with Gasteiger partial charge in [0.15, 0.2) is 0 Å². The Balaban J connectivity index is 2.27.